The van der Waals surface area contributed by atoms with Gasteiger partial charge in [0.25, 0.3) is 0 Å². The molecule has 0 aliphatic carbocycles. The van der Waals surface area contributed by atoms with Gasteiger partial charge in [0.1, 0.15) is 6.67 Å². The molecule has 0 unspecified atom stereocenters. The summed E-state index contributed by atoms with van der Waals surface area (Å²) in [4.78, 5) is 0. The van der Waals surface area contributed by atoms with Crippen molar-refractivity contribution in [3.63, 3.8) is 0 Å². The fraction of sp³-hybridized carbons (Fsp3) is 0.538. The number of hydrogen-bond acceptors (Lipinski definition) is 2. The molecule has 0 amide bonds. The summed E-state index contributed by atoms with van der Waals surface area (Å²) in [5, 5.41) is 6.54. The Bertz CT molecular complexity index is 374. The molecule has 0 saturated heterocycles. The molecule has 1 aliphatic rings. The van der Waals surface area contributed by atoms with Gasteiger partial charge in [0.05, 0.1) is 0 Å². The minimum Gasteiger partial charge on any atom is -0.384 e. The van der Waals surface area contributed by atoms with Gasteiger partial charge in [-0.05, 0) is 17.2 Å². The lowest BCUT2D eigenvalue weighted by Crippen LogP contribution is -2.23. The zero-order valence-electron chi connectivity index (χ0n) is 9.94. The summed E-state index contributed by atoms with van der Waals surface area (Å²) < 4.78 is 12.0. The van der Waals surface area contributed by atoms with Crippen molar-refractivity contribution >= 4 is 5.69 Å². The van der Waals surface area contributed by atoms with Crippen LogP contribution in [0.15, 0.2) is 18.2 Å². The summed E-state index contributed by atoms with van der Waals surface area (Å²) in [7, 11) is 0. The Morgan fingerprint density at radius 2 is 2.25 bits per heavy atom. The van der Waals surface area contributed by atoms with Crippen LogP contribution in [0.2, 0.25) is 0 Å². The maximum absolute atomic E-state index is 12.0. The minimum atomic E-state index is -0.309. The van der Waals surface area contributed by atoms with E-state index in [2.05, 4.69) is 42.7 Å². The van der Waals surface area contributed by atoms with Crippen molar-refractivity contribution in [1.82, 2.24) is 5.32 Å². The van der Waals surface area contributed by atoms with Crippen LogP contribution in [0.25, 0.3) is 0 Å². The molecule has 0 bridgehead atoms. The molecule has 0 spiro atoms. The van der Waals surface area contributed by atoms with E-state index in [0.29, 0.717) is 6.54 Å². The fourth-order valence-electron chi connectivity index (χ4n) is 2.39. The summed E-state index contributed by atoms with van der Waals surface area (Å²) >= 11 is 0. The maximum atomic E-state index is 12.0. The second kappa shape index (κ2) is 4.42. The highest BCUT2D eigenvalue weighted by Crippen LogP contribution is 2.38. The van der Waals surface area contributed by atoms with Gasteiger partial charge in [0, 0.05) is 30.7 Å². The van der Waals surface area contributed by atoms with E-state index in [1.807, 2.05) is 0 Å². The zero-order valence-corrected chi connectivity index (χ0v) is 9.94. The Morgan fingerprint density at radius 1 is 1.44 bits per heavy atom. The molecule has 0 aromatic heterocycles. The number of halogens is 1. The third-order valence-electron chi connectivity index (χ3n) is 3.14. The van der Waals surface area contributed by atoms with Crippen molar-refractivity contribution in [3.05, 3.63) is 29.3 Å². The second-order valence-corrected chi connectivity index (χ2v) is 4.94. The fourth-order valence-corrected chi connectivity index (χ4v) is 2.39. The quantitative estimate of drug-likeness (QED) is 0.765. The lowest BCUT2D eigenvalue weighted by Gasteiger charge is -2.21. The van der Waals surface area contributed by atoms with Gasteiger partial charge in [0.2, 0.25) is 0 Å². The molecule has 2 nitrogen and oxygen atoms in total. The molecular weight excluding hydrogens is 203 g/mol. The van der Waals surface area contributed by atoms with Gasteiger partial charge < -0.3 is 10.6 Å². The standard InChI is InChI=1S/C13H19FN2/c1-13(2)9-16-11-5-3-4-10(12(11)13)8-15-7-6-14/h3-5,15-16H,6-9H2,1-2H3. The largest absolute Gasteiger partial charge is 0.384 e. The molecule has 2 N–H and O–H groups in total. The highest BCUT2D eigenvalue weighted by Gasteiger charge is 2.31. The molecular formula is C13H19FN2. The van der Waals surface area contributed by atoms with Crippen molar-refractivity contribution in [2.75, 3.05) is 25.1 Å². The molecule has 0 radical (unpaired) electrons. The molecule has 2 rings (SSSR count). The van der Waals surface area contributed by atoms with Gasteiger partial charge in [-0.3, -0.25) is 0 Å². The molecule has 0 saturated carbocycles. The van der Waals surface area contributed by atoms with Crippen molar-refractivity contribution in [3.8, 4) is 0 Å². The molecule has 1 heterocycles. The van der Waals surface area contributed by atoms with Gasteiger partial charge in [-0.1, -0.05) is 26.0 Å². The van der Waals surface area contributed by atoms with Gasteiger partial charge in [-0.2, -0.15) is 0 Å². The number of rotatable bonds is 4. The molecule has 88 valence electrons. The van der Waals surface area contributed by atoms with Crippen LogP contribution >= 0.6 is 0 Å². The summed E-state index contributed by atoms with van der Waals surface area (Å²) in [6.07, 6.45) is 0. The lowest BCUT2D eigenvalue weighted by molar-refractivity contribution is 0.465. The van der Waals surface area contributed by atoms with Crippen LogP contribution < -0.4 is 10.6 Å². The first-order valence-electron chi connectivity index (χ1n) is 5.78. The Balaban J connectivity index is 2.23. The predicted octanol–water partition coefficient (Wildman–Crippen LogP) is 2.45. The summed E-state index contributed by atoms with van der Waals surface area (Å²) in [6, 6.07) is 6.29. The average molecular weight is 222 g/mol. The number of benzene rings is 1. The Morgan fingerprint density at radius 3 is 3.00 bits per heavy atom. The number of alkyl halides is 1. The van der Waals surface area contributed by atoms with E-state index in [9.17, 15) is 4.39 Å². The number of fused-ring (bicyclic) bond motifs is 1. The van der Waals surface area contributed by atoms with Crippen LogP contribution in [0.4, 0.5) is 10.1 Å². The van der Waals surface area contributed by atoms with Crippen LogP contribution in [0.1, 0.15) is 25.0 Å². The normalized spacial score (nSPS) is 16.9. The van der Waals surface area contributed by atoms with Crippen LogP contribution in [0.5, 0.6) is 0 Å². The number of anilines is 1. The van der Waals surface area contributed by atoms with Crippen molar-refractivity contribution in [2.24, 2.45) is 0 Å². The number of hydrogen-bond donors (Lipinski definition) is 2. The highest BCUT2D eigenvalue weighted by molar-refractivity contribution is 5.62. The molecule has 1 aliphatic heterocycles. The average Bonchev–Trinajstić information content (AvgIpc) is 2.56. The first-order valence-corrected chi connectivity index (χ1v) is 5.78. The maximum Gasteiger partial charge on any atom is 0.102 e. The van der Waals surface area contributed by atoms with Crippen molar-refractivity contribution in [1.29, 1.82) is 0 Å². The van der Waals surface area contributed by atoms with Crippen LogP contribution in [-0.2, 0) is 12.0 Å². The third-order valence-corrected chi connectivity index (χ3v) is 3.14. The minimum absolute atomic E-state index is 0.170. The first kappa shape index (κ1) is 11.4. The second-order valence-electron chi connectivity index (χ2n) is 4.94. The van der Waals surface area contributed by atoms with Crippen LogP contribution in [0.3, 0.4) is 0 Å². The zero-order chi connectivity index (χ0) is 11.6. The monoisotopic (exact) mass is 222 g/mol. The van der Waals surface area contributed by atoms with E-state index in [1.54, 1.807) is 0 Å². The van der Waals surface area contributed by atoms with E-state index in [4.69, 9.17) is 0 Å². The summed E-state index contributed by atoms with van der Waals surface area (Å²) in [5.41, 5.74) is 4.05. The molecule has 1 aromatic carbocycles. The van der Waals surface area contributed by atoms with E-state index < -0.39 is 0 Å². The Labute approximate surface area is 96.2 Å². The van der Waals surface area contributed by atoms with E-state index in [0.717, 1.165) is 13.1 Å². The highest BCUT2D eigenvalue weighted by atomic mass is 19.1. The van der Waals surface area contributed by atoms with Gasteiger partial charge >= 0.3 is 0 Å². The van der Waals surface area contributed by atoms with Gasteiger partial charge in [-0.25, -0.2) is 4.39 Å². The predicted molar refractivity (Wildman–Crippen MR) is 65.6 cm³/mol. The van der Waals surface area contributed by atoms with E-state index in [-0.39, 0.29) is 12.1 Å². The smallest absolute Gasteiger partial charge is 0.102 e. The molecule has 0 fully saturated rings. The Hall–Kier alpha value is -1.09. The van der Waals surface area contributed by atoms with E-state index >= 15 is 0 Å². The number of nitrogens with one attached hydrogen (secondary N) is 2. The van der Waals surface area contributed by atoms with Gasteiger partial charge in [-0.15, -0.1) is 0 Å². The molecule has 3 heteroatoms. The lowest BCUT2D eigenvalue weighted by atomic mass is 9.84. The van der Waals surface area contributed by atoms with Crippen LogP contribution in [0, 0.1) is 0 Å². The first-order chi connectivity index (χ1) is 7.65. The van der Waals surface area contributed by atoms with Crippen LogP contribution in [-0.4, -0.2) is 19.8 Å². The third kappa shape index (κ3) is 2.05. The molecule has 0 atom stereocenters. The summed E-state index contributed by atoms with van der Waals surface area (Å²) in [5.74, 6) is 0. The molecule has 1 aromatic rings. The van der Waals surface area contributed by atoms with E-state index in [1.165, 1.54) is 16.8 Å². The van der Waals surface area contributed by atoms with Crippen molar-refractivity contribution in [2.45, 2.75) is 25.8 Å². The molecule has 16 heavy (non-hydrogen) atoms. The summed E-state index contributed by atoms with van der Waals surface area (Å²) in [6.45, 7) is 6.32. The topological polar surface area (TPSA) is 24.1 Å². The van der Waals surface area contributed by atoms with Crippen molar-refractivity contribution < 1.29 is 4.39 Å². The SMILES string of the molecule is CC1(C)CNc2cccc(CNCCF)c21. The Kier molecular flexibility index (Phi) is 3.15. The van der Waals surface area contributed by atoms with Gasteiger partial charge in [0.15, 0.2) is 0 Å².